The molecule has 4 N–H and O–H groups in total. The maximum absolute atomic E-state index is 12.7. The minimum Gasteiger partial charge on any atom is -0.479 e. The van der Waals surface area contributed by atoms with Gasteiger partial charge in [-0.3, -0.25) is 5.32 Å². The van der Waals surface area contributed by atoms with Crippen LogP contribution in [-0.2, 0) is 19.9 Å². The number of aromatic nitrogens is 1. The summed E-state index contributed by atoms with van der Waals surface area (Å²) in [6, 6.07) is 14.9. The number of thiazole rings is 1. The third kappa shape index (κ3) is 6.08. The summed E-state index contributed by atoms with van der Waals surface area (Å²) in [4.78, 5) is 32.5. The van der Waals surface area contributed by atoms with E-state index in [1.165, 1.54) is 17.6 Å². The average molecular weight is 634 g/mol. The van der Waals surface area contributed by atoms with Crippen molar-refractivity contribution in [3.8, 4) is 11.1 Å². The predicted molar refractivity (Wildman–Crippen MR) is 178 cm³/mol. The van der Waals surface area contributed by atoms with Gasteiger partial charge >= 0.3 is 5.97 Å². The number of aldehydes is 1. The van der Waals surface area contributed by atoms with Gasteiger partial charge in [-0.05, 0) is 74.7 Å². The number of halogens is 1. The van der Waals surface area contributed by atoms with E-state index in [0.717, 1.165) is 49.6 Å². The zero-order chi connectivity index (χ0) is 31.8. The van der Waals surface area contributed by atoms with Crippen LogP contribution in [0.1, 0.15) is 49.1 Å². The molecule has 4 aromatic rings. The van der Waals surface area contributed by atoms with Gasteiger partial charge in [0.05, 0.1) is 15.8 Å². The first kappa shape index (κ1) is 31.6. The third-order valence-electron chi connectivity index (χ3n) is 7.73. The highest BCUT2D eigenvalue weighted by atomic mass is 35.5. The topological polar surface area (TPSA) is 128 Å². The first-order chi connectivity index (χ1) is 20.9. The second kappa shape index (κ2) is 12.3. The molecule has 44 heavy (non-hydrogen) atoms. The average Bonchev–Trinajstić information content (AvgIpc) is 3.42. The number of nitrogens with zero attached hydrogens (tertiary/aromatic N) is 2. The van der Waals surface area contributed by atoms with E-state index in [1.54, 1.807) is 19.2 Å². The Morgan fingerprint density at radius 3 is 2.59 bits per heavy atom. The number of benzene rings is 3. The molecule has 0 saturated carbocycles. The second-order valence-corrected chi connectivity index (χ2v) is 13.3. The fraction of sp³-hybridized carbons (Fsp3) is 0.333. The maximum Gasteiger partial charge on any atom is 0.337 e. The molecule has 0 amide bonds. The molecule has 0 radical (unpaired) electrons. The number of piperazine rings is 1. The predicted octanol–water partition coefficient (Wildman–Crippen LogP) is 6.41. The van der Waals surface area contributed by atoms with Gasteiger partial charge in [0.15, 0.2) is 11.2 Å². The molecule has 230 valence electrons. The van der Waals surface area contributed by atoms with Crippen LogP contribution in [0, 0.1) is 12.3 Å². The Labute approximate surface area is 265 Å². The Morgan fingerprint density at radius 1 is 1.25 bits per heavy atom. The van der Waals surface area contributed by atoms with E-state index in [9.17, 15) is 14.7 Å². The summed E-state index contributed by atoms with van der Waals surface area (Å²) < 4.78 is 6.96. The van der Waals surface area contributed by atoms with E-state index < -0.39 is 23.2 Å². The summed E-state index contributed by atoms with van der Waals surface area (Å²) >= 11 is 7.70. The smallest absolute Gasteiger partial charge is 0.337 e. The molecule has 2 atom stereocenters. The van der Waals surface area contributed by atoms with Crippen LogP contribution in [0.25, 0.3) is 21.3 Å². The van der Waals surface area contributed by atoms with Crippen molar-refractivity contribution in [2.75, 3.05) is 36.9 Å². The van der Waals surface area contributed by atoms with Gasteiger partial charge in [-0.25, -0.2) is 9.78 Å². The summed E-state index contributed by atoms with van der Waals surface area (Å²) in [6.07, 6.45) is 0.992. The molecule has 3 aromatic carbocycles. The lowest BCUT2D eigenvalue weighted by atomic mass is 9.87. The van der Waals surface area contributed by atoms with Gasteiger partial charge in [0.1, 0.15) is 11.8 Å². The Bertz CT molecular complexity index is 1730. The zero-order valence-electron chi connectivity index (χ0n) is 25.3. The maximum atomic E-state index is 12.7. The molecule has 0 spiro atoms. The first-order valence-electron chi connectivity index (χ1n) is 14.3. The number of aryl methyl sites for hydroxylation is 1. The number of rotatable bonds is 9. The second-order valence-electron chi connectivity index (χ2n) is 11.9. The van der Waals surface area contributed by atoms with Crippen LogP contribution in [0.2, 0.25) is 5.02 Å². The highest BCUT2D eigenvalue weighted by Crippen LogP contribution is 2.45. The molecule has 5 rings (SSSR count). The van der Waals surface area contributed by atoms with Gasteiger partial charge < -0.3 is 30.3 Å². The van der Waals surface area contributed by atoms with Crippen LogP contribution in [0.5, 0.6) is 0 Å². The Balaban J connectivity index is 1.65. The van der Waals surface area contributed by atoms with E-state index in [0.29, 0.717) is 35.8 Å². The van der Waals surface area contributed by atoms with Gasteiger partial charge in [0.25, 0.3) is 0 Å². The molecule has 1 saturated heterocycles. The molecule has 2 unspecified atom stereocenters. The van der Waals surface area contributed by atoms with Crippen LogP contribution in [0.3, 0.4) is 0 Å². The van der Waals surface area contributed by atoms with Crippen molar-refractivity contribution in [1.29, 1.82) is 5.41 Å². The van der Waals surface area contributed by atoms with E-state index in [4.69, 9.17) is 26.7 Å². The third-order valence-corrected chi connectivity index (χ3v) is 9.13. The summed E-state index contributed by atoms with van der Waals surface area (Å²) in [5, 5.41) is 26.0. The van der Waals surface area contributed by atoms with E-state index in [1.807, 2.05) is 64.1 Å². The number of carboxylic acid groups (broad SMARTS) is 1. The summed E-state index contributed by atoms with van der Waals surface area (Å²) in [5.41, 5.74) is 4.15. The van der Waals surface area contributed by atoms with Crippen molar-refractivity contribution in [2.45, 2.75) is 44.9 Å². The number of carbonyl (C=O) groups is 2. The lowest BCUT2D eigenvalue weighted by molar-refractivity contribution is -0.160. The number of fused-ring (bicyclic) bond motifs is 1. The molecule has 9 nitrogen and oxygen atoms in total. The minimum absolute atomic E-state index is 0.333. The Kier molecular flexibility index (Phi) is 8.82. The quantitative estimate of drug-likeness (QED) is 0.123. The van der Waals surface area contributed by atoms with Crippen LogP contribution in [-0.4, -0.2) is 60.8 Å². The van der Waals surface area contributed by atoms with Crippen molar-refractivity contribution < 1.29 is 19.4 Å². The van der Waals surface area contributed by atoms with E-state index in [2.05, 4.69) is 15.5 Å². The summed E-state index contributed by atoms with van der Waals surface area (Å²) in [6.45, 7) is 8.89. The molecule has 2 heterocycles. The van der Waals surface area contributed by atoms with Gasteiger partial charge in [-0.2, -0.15) is 0 Å². The molecule has 1 aromatic heterocycles. The zero-order valence-corrected chi connectivity index (χ0v) is 26.9. The van der Waals surface area contributed by atoms with Crippen LogP contribution >= 0.6 is 22.9 Å². The number of hydrogen-bond donors (Lipinski definition) is 4. The normalized spacial score (nSPS) is 17.8. The Hall–Kier alpha value is -3.83. The number of hydrogen-bond acceptors (Lipinski definition) is 9. The fourth-order valence-electron chi connectivity index (χ4n) is 5.70. The van der Waals surface area contributed by atoms with Crippen molar-refractivity contribution in [3.63, 3.8) is 0 Å². The molecule has 1 fully saturated rings. The van der Waals surface area contributed by atoms with E-state index >= 15 is 0 Å². The number of nitrogens with one attached hydrogen (secondary N) is 3. The highest BCUT2D eigenvalue weighted by Gasteiger charge is 2.39. The number of carbonyl (C=O) groups excluding carboxylic acids is 1. The van der Waals surface area contributed by atoms with Crippen molar-refractivity contribution in [3.05, 3.63) is 75.8 Å². The highest BCUT2D eigenvalue weighted by molar-refractivity contribution is 7.22. The lowest BCUT2D eigenvalue weighted by Crippen LogP contribution is -2.59. The van der Waals surface area contributed by atoms with Crippen LogP contribution in [0.15, 0.2) is 48.5 Å². The summed E-state index contributed by atoms with van der Waals surface area (Å²) in [7, 11) is 1.80. The minimum atomic E-state index is -1.21. The lowest BCUT2D eigenvalue weighted by Gasteiger charge is -2.40. The molecule has 11 heteroatoms. The molecule has 0 aliphatic carbocycles. The monoisotopic (exact) mass is 633 g/mol. The molecule has 1 aliphatic heterocycles. The standard InChI is InChI=1S/C33H36ClN5O4S/c1-19-14-25-29(27(20-6-9-23(34)10-7-20)26(19)28(30(41)42)43-32(2,3)4)44-31(38-25)39-13-12-37-33(17-39,18-40)22-8-11-24(36-5)21(15-22)16-35/h6-11,14-16,18,28,35-37H,12-13,17H2,1-5H3,(H,41,42). The first-order valence-corrected chi connectivity index (χ1v) is 15.5. The molecular formula is C33H36ClN5O4S. The van der Waals surface area contributed by atoms with Gasteiger partial charge in [-0.15, -0.1) is 0 Å². The molecule has 1 aliphatic rings. The number of anilines is 2. The fourth-order valence-corrected chi connectivity index (χ4v) is 6.98. The SMILES string of the molecule is CNc1ccc(C2(C=O)CN(c3nc4cc(C)c(C(OC(C)(C)C)C(=O)O)c(-c5ccc(Cl)cc5)c4s3)CCN2)cc1C=N. The molecular weight excluding hydrogens is 598 g/mol. The number of ether oxygens (including phenoxy) is 1. The van der Waals surface area contributed by atoms with Crippen molar-refractivity contribution in [2.24, 2.45) is 0 Å². The number of aliphatic carboxylic acids is 1. The van der Waals surface area contributed by atoms with Crippen LogP contribution in [0.4, 0.5) is 10.8 Å². The van der Waals surface area contributed by atoms with Gasteiger partial charge in [0.2, 0.25) is 0 Å². The Morgan fingerprint density at radius 2 is 1.98 bits per heavy atom. The van der Waals surface area contributed by atoms with Gasteiger partial charge in [0, 0.05) is 60.3 Å². The van der Waals surface area contributed by atoms with Crippen molar-refractivity contribution in [1.82, 2.24) is 10.3 Å². The van der Waals surface area contributed by atoms with Gasteiger partial charge in [-0.1, -0.05) is 41.1 Å². The summed E-state index contributed by atoms with van der Waals surface area (Å²) in [5.74, 6) is -1.08. The molecule has 0 bridgehead atoms. The van der Waals surface area contributed by atoms with E-state index in [-0.39, 0.29) is 0 Å². The van der Waals surface area contributed by atoms with Crippen LogP contribution < -0.4 is 15.5 Å². The number of carboxylic acids is 1. The largest absolute Gasteiger partial charge is 0.479 e. The van der Waals surface area contributed by atoms with Crippen molar-refractivity contribution >= 4 is 62.4 Å².